The Bertz CT molecular complexity index is 719. The van der Waals surface area contributed by atoms with Crippen molar-refractivity contribution < 1.29 is 5.11 Å². The molecule has 2 saturated heterocycles. The molecule has 0 bridgehead atoms. The van der Waals surface area contributed by atoms with Crippen LogP contribution in [0.1, 0.15) is 29.8 Å². The molecule has 0 aliphatic carbocycles. The fourth-order valence-electron chi connectivity index (χ4n) is 4.21. The standard InChI is InChI=1S/C19H28N4O/c1-13-5-6-15-19(14(13)2)21-18(20-15)7-10-22-11-16(17(24)12-22)23-8-3-4-9-23/h5-6,16-17,24H,3-4,7-12H2,1-2H3,(H,20,21)/t16-,17-/m0/s1. The maximum atomic E-state index is 10.4. The Morgan fingerprint density at radius 1 is 1.21 bits per heavy atom. The molecule has 2 N–H and O–H groups in total. The van der Waals surface area contributed by atoms with Crippen LogP contribution in [0.2, 0.25) is 0 Å². The van der Waals surface area contributed by atoms with Crippen molar-refractivity contribution in [3.8, 4) is 0 Å². The molecule has 2 aliphatic heterocycles. The number of H-pyrrole nitrogens is 1. The number of aliphatic hydroxyl groups excluding tert-OH is 1. The van der Waals surface area contributed by atoms with Crippen LogP contribution < -0.4 is 0 Å². The number of aryl methyl sites for hydroxylation is 2. The van der Waals surface area contributed by atoms with Crippen LogP contribution in [0.3, 0.4) is 0 Å². The second-order valence-corrected chi connectivity index (χ2v) is 7.47. The average Bonchev–Trinajstić information content (AvgIpc) is 3.28. The van der Waals surface area contributed by atoms with Crippen molar-refractivity contribution in [2.24, 2.45) is 0 Å². The van der Waals surface area contributed by atoms with Crippen LogP contribution in [-0.2, 0) is 6.42 Å². The number of nitrogens with one attached hydrogen (secondary N) is 1. The Hall–Kier alpha value is -1.43. The molecule has 2 atom stereocenters. The lowest BCUT2D eigenvalue weighted by Gasteiger charge is -2.25. The highest BCUT2D eigenvalue weighted by molar-refractivity contribution is 5.79. The molecule has 0 amide bonds. The molecule has 5 heteroatoms. The van der Waals surface area contributed by atoms with E-state index in [1.165, 1.54) is 24.0 Å². The highest BCUT2D eigenvalue weighted by Crippen LogP contribution is 2.22. The van der Waals surface area contributed by atoms with Gasteiger partial charge in [0.25, 0.3) is 0 Å². The third-order valence-corrected chi connectivity index (χ3v) is 5.84. The van der Waals surface area contributed by atoms with Gasteiger partial charge < -0.3 is 10.1 Å². The average molecular weight is 328 g/mol. The Morgan fingerprint density at radius 2 is 2.00 bits per heavy atom. The lowest BCUT2D eigenvalue weighted by molar-refractivity contribution is 0.0978. The lowest BCUT2D eigenvalue weighted by Crippen LogP contribution is -2.41. The number of nitrogens with zero attached hydrogens (tertiary/aromatic N) is 3. The topological polar surface area (TPSA) is 55.4 Å². The Kier molecular flexibility index (Phi) is 4.33. The number of imidazole rings is 1. The summed E-state index contributed by atoms with van der Waals surface area (Å²) in [6, 6.07) is 4.60. The summed E-state index contributed by atoms with van der Waals surface area (Å²) in [5.74, 6) is 1.05. The quantitative estimate of drug-likeness (QED) is 0.899. The van der Waals surface area contributed by atoms with Crippen LogP contribution >= 0.6 is 0 Å². The van der Waals surface area contributed by atoms with Gasteiger partial charge in [-0.05, 0) is 57.0 Å². The van der Waals surface area contributed by atoms with Crippen LogP contribution in [-0.4, -0.2) is 69.7 Å². The minimum atomic E-state index is -0.205. The number of benzene rings is 1. The van der Waals surface area contributed by atoms with E-state index < -0.39 is 0 Å². The van der Waals surface area contributed by atoms with Gasteiger partial charge >= 0.3 is 0 Å². The van der Waals surface area contributed by atoms with Crippen molar-refractivity contribution in [2.75, 3.05) is 32.7 Å². The minimum Gasteiger partial charge on any atom is -0.390 e. The van der Waals surface area contributed by atoms with Crippen LogP contribution in [0, 0.1) is 13.8 Å². The van der Waals surface area contributed by atoms with E-state index in [4.69, 9.17) is 4.98 Å². The van der Waals surface area contributed by atoms with Crippen molar-refractivity contribution in [3.63, 3.8) is 0 Å². The fourth-order valence-corrected chi connectivity index (χ4v) is 4.21. The van der Waals surface area contributed by atoms with Gasteiger partial charge in [-0.1, -0.05) is 6.07 Å². The van der Waals surface area contributed by atoms with Gasteiger partial charge in [0.2, 0.25) is 0 Å². The zero-order valence-corrected chi connectivity index (χ0v) is 14.8. The first-order valence-electron chi connectivity index (χ1n) is 9.21. The molecule has 0 radical (unpaired) electrons. The van der Waals surface area contributed by atoms with Gasteiger partial charge in [0.15, 0.2) is 0 Å². The van der Waals surface area contributed by atoms with Crippen LogP contribution in [0.5, 0.6) is 0 Å². The SMILES string of the molecule is Cc1ccc2[nH]c(CCN3C[C@H](O)[C@@H](N4CCCC4)C3)nc2c1C. The number of aliphatic hydroxyl groups is 1. The molecule has 2 aliphatic rings. The van der Waals surface area contributed by atoms with Crippen molar-refractivity contribution in [3.05, 3.63) is 29.1 Å². The van der Waals surface area contributed by atoms with Crippen molar-refractivity contribution in [1.29, 1.82) is 0 Å². The Balaban J connectivity index is 1.39. The van der Waals surface area contributed by atoms with Gasteiger partial charge in [-0.15, -0.1) is 0 Å². The first-order valence-corrected chi connectivity index (χ1v) is 9.21. The van der Waals surface area contributed by atoms with Gasteiger partial charge in [-0.2, -0.15) is 0 Å². The van der Waals surface area contributed by atoms with E-state index in [1.807, 2.05) is 0 Å². The molecule has 3 heterocycles. The number of likely N-dealkylation sites (tertiary alicyclic amines) is 2. The van der Waals surface area contributed by atoms with E-state index in [2.05, 4.69) is 40.8 Å². The molecule has 4 rings (SSSR count). The number of β-amino-alcohol motifs (C(OH)–C–C–N with tert-alkyl or cyclic N) is 1. The zero-order chi connectivity index (χ0) is 16.7. The first kappa shape index (κ1) is 16.1. The third kappa shape index (κ3) is 2.96. The minimum absolute atomic E-state index is 0.205. The summed E-state index contributed by atoms with van der Waals surface area (Å²) in [7, 11) is 0. The van der Waals surface area contributed by atoms with Gasteiger partial charge in [0.05, 0.1) is 17.1 Å². The van der Waals surface area contributed by atoms with Crippen LogP contribution in [0.4, 0.5) is 0 Å². The van der Waals surface area contributed by atoms with Gasteiger partial charge in [0.1, 0.15) is 5.82 Å². The van der Waals surface area contributed by atoms with Gasteiger partial charge in [0, 0.05) is 32.1 Å². The molecule has 0 unspecified atom stereocenters. The maximum absolute atomic E-state index is 10.4. The number of hydrogen-bond donors (Lipinski definition) is 2. The smallest absolute Gasteiger partial charge is 0.108 e. The second-order valence-electron chi connectivity index (χ2n) is 7.47. The van der Waals surface area contributed by atoms with Gasteiger partial charge in [-0.3, -0.25) is 9.80 Å². The Labute approximate surface area is 143 Å². The molecule has 0 saturated carbocycles. The predicted octanol–water partition coefficient (Wildman–Crippen LogP) is 1.86. The van der Waals surface area contributed by atoms with E-state index in [-0.39, 0.29) is 6.10 Å². The number of hydrogen-bond acceptors (Lipinski definition) is 4. The first-order chi connectivity index (χ1) is 11.6. The number of aromatic amines is 1. The highest BCUT2D eigenvalue weighted by atomic mass is 16.3. The summed E-state index contributed by atoms with van der Waals surface area (Å²) in [4.78, 5) is 13.1. The number of rotatable bonds is 4. The summed E-state index contributed by atoms with van der Waals surface area (Å²) in [6.07, 6.45) is 3.26. The molecule has 5 nitrogen and oxygen atoms in total. The number of fused-ring (bicyclic) bond motifs is 1. The second kappa shape index (κ2) is 6.47. The summed E-state index contributed by atoms with van der Waals surface area (Å²) >= 11 is 0. The van der Waals surface area contributed by atoms with E-state index >= 15 is 0 Å². The van der Waals surface area contributed by atoms with Gasteiger partial charge in [-0.25, -0.2) is 4.98 Å². The van der Waals surface area contributed by atoms with Crippen molar-refractivity contribution >= 4 is 11.0 Å². The molecular weight excluding hydrogens is 300 g/mol. The van der Waals surface area contributed by atoms with Crippen LogP contribution in [0.25, 0.3) is 11.0 Å². The summed E-state index contributed by atoms with van der Waals surface area (Å²) in [6.45, 7) is 9.31. The summed E-state index contributed by atoms with van der Waals surface area (Å²) < 4.78 is 0. The fraction of sp³-hybridized carbons (Fsp3) is 0.632. The van der Waals surface area contributed by atoms with E-state index in [0.29, 0.717) is 6.04 Å². The predicted molar refractivity (Wildman–Crippen MR) is 96.3 cm³/mol. The lowest BCUT2D eigenvalue weighted by atomic mass is 10.1. The maximum Gasteiger partial charge on any atom is 0.108 e. The monoisotopic (exact) mass is 328 g/mol. The van der Waals surface area contributed by atoms with Crippen molar-refractivity contribution in [2.45, 2.75) is 45.3 Å². The van der Waals surface area contributed by atoms with E-state index in [9.17, 15) is 5.11 Å². The van der Waals surface area contributed by atoms with E-state index in [0.717, 1.165) is 56.0 Å². The van der Waals surface area contributed by atoms with Crippen LogP contribution in [0.15, 0.2) is 12.1 Å². The normalized spacial score (nSPS) is 26.0. The third-order valence-electron chi connectivity index (χ3n) is 5.84. The summed E-state index contributed by atoms with van der Waals surface area (Å²) in [5.41, 5.74) is 4.78. The molecular formula is C19H28N4O. The summed E-state index contributed by atoms with van der Waals surface area (Å²) in [5, 5.41) is 10.4. The molecule has 24 heavy (non-hydrogen) atoms. The molecule has 130 valence electrons. The molecule has 2 fully saturated rings. The largest absolute Gasteiger partial charge is 0.390 e. The Morgan fingerprint density at radius 3 is 2.79 bits per heavy atom. The zero-order valence-electron chi connectivity index (χ0n) is 14.8. The molecule has 2 aromatic rings. The highest BCUT2D eigenvalue weighted by Gasteiger charge is 2.36. The molecule has 1 aromatic heterocycles. The van der Waals surface area contributed by atoms with E-state index in [1.54, 1.807) is 0 Å². The number of aromatic nitrogens is 2. The van der Waals surface area contributed by atoms with Crippen molar-refractivity contribution in [1.82, 2.24) is 19.8 Å². The molecule has 1 aromatic carbocycles. The molecule has 0 spiro atoms.